The number of likely N-dealkylation sites (tertiary alicyclic amines) is 1. The fraction of sp³-hybridized carbons (Fsp3) is 0.632. The highest BCUT2D eigenvalue weighted by molar-refractivity contribution is 5.95. The second-order valence-electron chi connectivity index (χ2n) is 7.79. The monoisotopic (exact) mass is 487 g/mol. The number of primary amides is 1. The lowest BCUT2D eigenvalue weighted by Gasteiger charge is -2.28. The number of carbonyl (C=O) groups is 7. The van der Waals surface area contributed by atoms with E-state index in [1.54, 1.807) is 0 Å². The minimum Gasteiger partial charge on any atom is -0.481 e. The molecule has 4 atom stereocenters. The molecule has 0 aromatic rings. The van der Waals surface area contributed by atoms with E-state index in [2.05, 4.69) is 5.32 Å². The maximum atomic E-state index is 12.8. The van der Waals surface area contributed by atoms with E-state index in [4.69, 9.17) is 26.8 Å². The summed E-state index contributed by atoms with van der Waals surface area (Å²) in [6.07, 6.45) is -1.39. The number of rotatable bonds is 14. The van der Waals surface area contributed by atoms with Gasteiger partial charge in [-0.1, -0.05) is 0 Å². The molecule has 1 heterocycles. The van der Waals surface area contributed by atoms with Crippen molar-refractivity contribution in [3.05, 3.63) is 0 Å². The van der Waals surface area contributed by atoms with Crippen LogP contribution in [0.1, 0.15) is 44.9 Å². The average Bonchev–Trinajstić information content (AvgIpc) is 3.23. The van der Waals surface area contributed by atoms with Gasteiger partial charge in [0, 0.05) is 19.4 Å². The van der Waals surface area contributed by atoms with Crippen molar-refractivity contribution in [2.45, 2.75) is 69.1 Å². The Kier molecular flexibility index (Phi) is 10.9. The molecule has 0 saturated carbocycles. The molecule has 4 unspecified atom stereocenters. The fourth-order valence-corrected chi connectivity index (χ4v) is 3.39. The second-order valence-corrected chi connectivity index (χ2v) is 7.79. The van der Waals surface area contributed by atoms with Gasteiger partial charge in [-0.25, -0.2) is 4.79 Å². The molecule has 1 aliphatic heterocycles. The number of carboxylic acids is 3. The molecule has 34 heavy (non-hydrogen) atoms. The van der Waals surface area contributed by atoms with E-state index in [1.807, 2.05) is 5.32 Å². The molecule has 0 bridgehead atoms. The van der Waals surface area contributed by atoms with Gasteiger partial charge in [-0.05, 0) is 25.7 Å². The summed E-state index contributed by atoms with van der Waals surface area (Å²) in [6.45, 7) is 0.187. The lowest BCUT2D eigenvalue weighted by Crippen LogP contribution is -2.56. The Hall–Kier alpha value is -3.75. The fourth-order valence-electron chi connectivity index (χ4n) is 3.39. The minimum atomic E-state index is -1.80. The molecule has 9 N–H and O–H groups in total. The number of hydrogen-bond acceptors (Lipinski definition) is 8. The predicted octanol–water partition coefficient (Wildman–Crippen LogP) is -3.04. The summed E-state index contributed by atoms with van der Waals surface area (Å²) in [5.74, 6) is -7.53. The van der Waals surface area contributed by atoms with E-state index in [9.17, 15) is 33.6 Å². The Morgan fingerprint density at radius 1 is 0.912 bits per heavy atom. The zero-order chi connectivity index (χ0) is 26.0. The van der Waals surface area contributed by atoms with Crippen molar-refractivity contribution in [1.82, 2.24) is 15.5 Å². The summed E-state index contributed by atoms with van der Waals surface area (Å²) < 4.78 is 0. The SMILES string of the molecule is NC(=O)CCC(N)C(=O)N1CCCC1C(=O)NC(CCC(=O)O)C(=O)NC(CC(=O)O)C(=O)O. The molecule has 190 valence electrons. The first kappa shape index (κ1) is 28.3. The van der Waals surface area contributed by atoms with Gasteiger partial charge in [0.1, 0.15) is 18.1 Å². The van der Waals surface area contributed by atoms with Crippen LogP contribution in [-0.4, -0.2) is 92.5 Å². The van der Waals surface area contributed by atoms with E-state index < -0.39 is 85.0 Å². The van der Waals surface area contributed by atoms with Crippen LogP contribution in [0.2, 0.25) is 0 Å². The van der Waals surface area contributed by atoms with E-state index in [0.29, 0.717) is 6.42 Å². The number of hydrogen-bond donors (Lipinski definition) is 7. The van der Waals surface area contributed by atoms with Gasteiger partial charge < -0.3 is 42.3 Å². The van der Waals surface area contributed by atoms with Gasteiger partial charge >= 0.3 is 17.9 Å². The highest BCUT2D eigenvalue weighted by Gasteiger charge is 2.38. The van der Waals surface area contributed by atoms with Crippen LogP contribution in [0.3, 0.4) is 0 Å². The van der Waals surface area contributed by atoms with E-state index in [0.717, 1.165) is 0 Å². The summed E-state index contributed by atoms with van der Waals surface area (Å²) >= 11 is 0. The van der Waals surface area contributed by atoms with Crippen LogP contribution in [0.4, 0.5) is 0 Å². The van der Waals surface area contributed by atoms with E-state index in [-0.39, 0.29) is 25.8 Å². The smallest absolute Gasteiger partial charge is 0.326 e. The van der Waals surface area contributed by atoms with Crippen molar-refractivity contribution in [1.29, 1.82) is 0 Å². The van der Waals surface area contributed by atoms with Crippen LogP contribution in [-0.2, 0) is 33.6 Å². The van der Waals surface area contributed by atoms with Gasteiger partial charge in [0.05, 0.1) is 12.5 Å². The minimum absolute atomic E-state index is 0.0250. The lowest BCUT2D eigenvalue weighted by molar-refractivity contribution is -0.147. The van der Waals surface area contributed by atoms with E-state index in [1.165, 1.54) is 4.90 Å². The Labute approximate surface area is 193 Å². The summed E-state index contributed by atoms with van der Waals surface area (Å²) in [6, 6.07) is -5.41. The van der Waals surface area contributed by atoms with Crippen molar-refractivity contribution in [2.75, 3.05) is 6.54 Å². The number of aliphatic carboxylic acids is 3. The van der Waals surface area contributed by atoms with Crippen LogP contribution < -0.4 is 22.1 Å². The number of carboxylic acid groups (broad SMARTS) is 3. The third-order valence-electron chi connectivity index (χ3n) is 5.13. The summed E-state index contributed by atoms with van der Waals surface area (Å²) in [5.41, 5.74) is 10.8. The van der Waals surface area contributed by atoms with Gasteiger partial charge in [-0.15, -0.1) is 0 Å². The predicted molar refractivity (Wildman–Crippen MR) is 112 cm³/mol. The largest absolute Gasteiger partial charge is 0.481 e. The van der Waals surface area contributed by atoms with Crippen molar-refractivity contribution in [3.8, 4) is 0 Å². The molecular formula is C19H29N5O10. The van der Waals surface area contributed by atoms with Crippen molar-refractivity contribution in [3.63, 3.8) is 0 Å². The number of carbonyl (C=O) groups excluding carboxylic acids is 4. The maximum absolute atomic E-state index is 12.8. The van der Waals surface area contributed by atoms with Crippen LogP contribution in [0, 0.1) is 0 Å². The third kappa shape index (κ3) is 9.01. The summed E-state index contributed by atoms with van der Waals surface area (Å²) in [4.78, 5) is 83.2. The van der Waals surface area contributed by atoms with Crippen molar-refractivity contribution in [2.24, 2.45) is 11.5 Å². The molecule has 4 amide bonds. The Morgan fingerprint density at radius 3 is 2.09 bits per heavy atom. The second kappa shape index (κ2) is 13.1. The van der Waals surface area contributed by atoms with Gasteiger partial charge in [-0.3, -0.25) is 28.8 Å². The number of nitrogens with one attached hydrogen (secondary N) is 2. The van der Waals surface area contributed by atoms with Crippen LogP contribution in [0.25, 0.3) is 0 Å². The summed E-state index contributed by atoms with van der Waals surface area (Å²) in [7, 11) is 0. The first-order chi connectivity index (χ1) is 15.8. The Balaban J connectivity index is 2.93. The highest BCUT2D eigenvalue weighted by Crippen LogP contribution is 2.19. The third-order valence-corrected chi connectivity index (χ3v) is 5.13. The molecule has 0 aromatic carbocycles. The quantitative estimate of drug-likeness (QED) is 0.129. The molecule has 0 aliphatic carbocycles. The van der Waals surface area contributed by atoms with Crippen LogP contribution >= 0.6 is 0 Å². The molecule has 1 saturated heterocycles. The normalized spacial score (nSPS) is 17.8. The molecule has 1 rings (SSSR count). The summed E-state index contributed by atoms with van der Waals surface area (Å²) in [5, 5.41) is 31.1. The van der Waals surface area contributed by atoms with Crippen molar-refractivity contribution >= 4 is 41.5 Å². The average molecular weight is 487 g/mol. The maximum Gasteiger partial charge on any atom is 0.326 e. The van der Waals surface area contributed by atoms with Gasteiger partial charge in [0.2, 0.25) is 23.6 Å². The molecule has 15 nitrogen and oxygen atoms in total. The number of amides is 4. The first-order valence-corrected chi connectivity index (χ1v) is 10.4. The van der Waals surface area contributed by atoms with Crippen molar-refractivity contribution < 1.29 is 48.9 Å². The first-order valence-electron chi connectivity index (χ1n) is 10.4. The Bertz CT molecular complexity index is 832. The topological polar surface area (TPSA) is 260 Å². The molecule has 1 aliphatic rings. The lowest BCUT2D eigenvalue weighted by atomic mass is 10.1. The van der Waals surface area contributed by atoms with Crippen LogP contribution in [0.5, 0.6) is 0 Å². The molecule has 15 heteroatoms. The molecular weight excluding hydrogens is 458 g/mol. The molecule has 0 spiro atoms. The number of nitrogens with zero attached hydrogens (tertiary/aromatic N) is 1. The van der Waals surface area contributed by atoms with Gasteiger partial charge in [0.25, 0.3) is 0 Å². The zero-order valence-corrected chi connectivity index (χ0v) is 18.3. The van der Waals surface area contributed by atoms with Gasteiger partial charge in [-0.2, -0.15) is 0 Å². The van der Waals surface area contributed by atoms with Crippen LogP contribution in [0.15, 0.2) is 0 Å². The molecule has 0 aromatic heterocycles. The standard InChI is InChI=1S/C19H29N5O10/c20-9(3-5-13(21)25)18(32)24-7-1-2-12(24)17(31)22-10(4-6-14(26)27)16(30)23-11(19(33)34)8-15(28)29/h9-12H,1-8,20H2,(H2,21,25)(H,22,31)(H,23,30)(H,26,27)(H,28,29)(H,33,34). The van der Waals surface area contributed by atoms with Gasteiger partial charge in [0.15, 0.2) is 0 Å². The number of nitrogens with two attached hydrogens (primary N) is 2. The zero-order valence-electron chi connectivity index (χ0n) is 18.3. The van der Waals surface area contributed by atoms with E-state index >= 15 is 0 Å². The highest BCUT2D eigenvalue weighted by atomic mass is 16.4. The molecule has 0 radical (unpaired) electrons. The Morgan fingerprint density at radius 2 is 1.56 bits per heavy atom. The molecule has 1 fully saturated rings.